The number of piperidine rings is 1. The van der Waals surface area contributed by atoms with Gasteiger partial charge in [-0.3, -0.25) is 19.8 Å². The van der Waals surface area contributed by atoms with Crippen LogP contribution < -0.4 is 16.0 Å². The maximum absolute atomic E-state index is 12.7. The minimum atomic E-state index is -0.868. The molecular weight excluding hydrogens is 368 g/mol. The number of hydrogen-bond acceptors (Lipinski definition) is 4. The van der Waals surface area contributed by atoms with Gasteiger partial charge in [0.1, 0.15) is 5.54 Å². The van der Waals surface area contributed by atoms with E-state index >= 15 is 0 Å². The van der Waals surface area contributed by atoms with Crippen molar-refractivity contribution in [2.24, 2.45) is 5.92 Å². The molecule has 27 heavy (non-hydrogen) atoms. The van der Waals surface area contributed by atoms with Crippen LogP contribution in [0.4, 0.5) is 10.5 Å². The zero-order chi connectivity index (χ0) is 19.8. The summed E-state index contributed by atoms with van der Waals surface area (Å²) in [6.45, 7) is 6.89. The normalized spacial score (nSPS) is 25.0. The van der Waals surface area contributed by atoms with E-state index < -0.39 is 11.6 Å². The van der Waals surface area contributed by atoms with Crippen molar-refractivity contribution in [2.45, 2.75) is 45.2 Å². The molecule has 0 unspecified atom stereocenters. The Balaban J connectivity index is 1.59. The van der Waals surface area contributed by atoms with Gasteiger partial charge in [-0.1, -0.05) is 17.7 Å². The minimum absolute atomic E-state index is 0.0469. The summed E-state index contributed by atoms with van der Waals surface area (Å²) in [5, 5.41) is 8.63. The second kappa shape index (κ2) is 7.48. The van der Waals surface area contributed by atoms with E-state index in [2.05, 4.69) is 20.9 Å². The molecule has 2 heterocycles. The Bertz CT molecular complexity index is 776. The summed E-state index contributed by atoms with van der Waals surface area (Å²) in [7, 11) is 0. The summed E-state index contributed by atoms with van der Waals surface area (Å²) in [4.78, 5) is 38.3. The SMILES string of the molecule is Cc1c(Cl)cccc1NC(=O)[C@H](C)N1CCC([C@]2(C)NC(=O)NC2=O)CC1. The van der Waals surface area contributed by atoms with Gasteiger partial charge < -0.3 is 10.6 Å². The molecule has 1 aromatic rings. The summed E-state index contributed by atoms with van der Waals surface area (Å²) in [6.07, 6.45) is 1.47. The molecule has 3 N–H and O–H groups in total. The molecule has 7 nitrogen and oxygen atoms in total. The van der Waals surface area contributed by atoms with Crippen LogP contribution >= 0.6 is 11.6 Å². The number of carbonyl (C=O) groups is 3. The maximum Gasteiger partial charge on any atom is 0.322 e. The van der Waals surface area contributed by atoms with E-state index in [0.29, 0.717) is 23.8 Å². The van der Waals surface area contributed by atoms with E-state index in [0.717, 1.165) is 18.4 Å². The van der Waals surface area contributed by atoms with E-state index in [9.17, 15) is 14.4 Å². The number of imide groups is 1. The Morgan fingerprint density at radius 2 is 2.00 bits per heavy atom. The highest BCUT2D eigenvalue weighted by atomic mass is 35.5. The van der Waals surface area contributed by atoms with Gasteiger partial charge in [0.15, 0.2) is 0 Å². The van der Waals surface area contributed by atoms with E-state index in [-0.39, 0.29) is 23.8 Å². The molecule has 0 spiro atoms. The molecule has 0 aliphatic carbocycles. The first kappa shape index (κ1) is 19.6. The minimum Gasteiger partial charge on any atom is -0.324 e. The van der Waals surface area contributed by atoms with Gasteiger partial charge in [-0.25, -0.2) is 4.79 Å². The van der Waals surface area contributed by atoms with E-state index in [1.54, 1.807) is 13.0 Å². The fourth-order valence-electron chi connectivity index (χ4n) is 3.85. The summed E-state index contributed by atoms with van der Waals surface area (Å²) in [5.74, 6) is -0.309. The van der Waals surface area contributed by atoms with E-state index in [4.69, 9.17) is 11.6 Å². The van der Waals surface area contributed by atoms with Crippen LogP contribution in [0.25, 0.3) is 0 Å². The summed E-state index contributed by atoms with van der Waals surface area (Å²) < 4.78 is 0. The lowest BCUT2D eigenvalue weighted by atomic mass is 9.79. The third kappa shape index (κ3) is 3.80. The topological polar surface area (TPSA) is 90.5 Å². The van der Waals surface area contributed by atoms with Crippen molar-refractivity contribution >= 4 is 35.1 Å². The molecule has 2 atom stereocenters. The number of hydrogen-bond donors (Lipinski definition) is 3. The Kier molecular flexibility index (Phi) is 5.44. The van der Waals surface area contributed by atoms with Gasteiger partial charge in [0.25, 0.3) is 5.91 Å². The molecule has 2 saturated heterocycles. The van der Waals surface area contributed by atoms with Crippen LogP contribution in [0.2, 0.25) is 5.02 Å². The quantitative estimate of drug-likeness (QED) is 0.686. The molecule has 146 valence electrons. The number of rotatable bonds is 4. The summed E-state index contributed by atoms with van der Waals surface area (Å²) in [6, 6.07) is 4.70. The first-order valence-corrected chi connectivity index (χ1v) is 9.54. The van der Waals surface area contributed by atoms with Crippen molar-refractivity contribution < 1.29 is 14.4 Å². The average molecular weight is 393 g/mol. The number of urea groups is 1. The standard InChI is InChI=1S/C19H25ClN4O3/c1-11-14(20)5-4-6-15(11)21-16(25)12(2)24-9-7-13(8-10-24)19(3)17(26)22-18(27)23-19/h4-6,12-13H,7-10H2,1-3H3,(H,21,25)(H2,22,23,26,27)/t12-,19-/m0/s1. The lowest BCUT2D eigenvalue weighted by Gasteiger charge is -2.40. The van der Waals surface area contributed by atoms with Gasteiger partial charge in [0.2, 0.25) is 5.91 Å². The number of carbonyl (C=O) groups excluding carboxylic acids is 3. The van der Waals surface area contributed by atoms with Crippen molar-refractivity contribution in [3.63, 3.8) is 0 Å². The van der Waals surface area contributed by atoms with Gasteiger partial charge >= 0.3 is 6.03 Å². The Hall–Kier alpha value is -2.12. The van der Waals surface area contributed by atoms with Crippen LogP contribution in [0.1, 0.15) is 32.3 Å². The molecular formula is C19H25ClN4O3. The van der Waals surface area contributed by atoms with Crippen LogP contribution in [0.15, 0.2) is 18.2 Å². The molecule has 2 aliphatic heterocycles. The predicted molar refractivity (Wildman–Crippen MR) is 104 cm³/mol. The maximum atomic E-state index is 12.7. The second-order valence-electron chi connectivity index (χ2n) is 7.50. The number of halogens is 1. The molecule has 0 aromatic heterocycles. The molecule has 0 radical (unpaired) electrons. The van der Waals surface area contributed by atoms with Crippen LogP contribution in [0.3, 0.4) is 0 Å². The Labute approximate surface area is 163 Å². The van der Waals surface area contributed by atoms with Crippen molar-refractivity contribution in [1.29, 1.82) is 0 Å². The van der Waals surface area contributed by atoms with Gasteiger partial charge in [-0.2, -0.15) is 0 Å². The third-order valence-electron chi connectivity index (χ3n) is 5.87. The van der Waals surface area contributed by atoms with Crippen molar-refractivity contribution in [1.82, 2.24) is 15.5 Å². The zero-order valence-corrected chi connectivity index (χ0v) is 16.5. The molecule has 2 aliphatic rings. The number of amides is 4. The fourth-order valence-corrected chi connectivity index (χ4v) is 4.03. The first-order valence-electron chi connectivity index (χ1n) is 9.16. The molecule has 2 fully saturated rings. The predicted octanol–water partition coefficient (Wildman–Crippen LogP) is 2.29. The molecule has 1 aromatic carbocycles. The Morgan fingerprint density at radius 1 is 1.33 bits per heavy atom. The smallest absolute Gasteiger partial charge is 0.322 e. The van der Waals surface area contributed by atoms with E-state index in [1.165, 1.54) is 0 Å². The summed E-state index contributed by atoms with van der Waals surface area (Å²) in [5.41, 5.74) is 0.688. The van der Waals surface area contributed by atoms with Gasteiger partial charge in [0.05, 0.1) is 6.04 Å². The van der Waals surface area contributed by atoms with Crippen molar-refractivity contribution in [3.8, 4) is 0 Å². The molecule has 3 rings (SSSR count). The lowest BCUT2D eigenvalue weighted by molar-refractivity contribution is -0.127. The Morgan fingerprint density at radius 3 is 2.59 bits per heavy atom. The van der Waals surface area contributed by atoms with Crippen molar-refractivity contribution in [3.05, 3.63) is 28.8 Å². The number of benzene rings is 1. The van der Waals surface area contributed by atoms with Gasteiger partial charge in [-0.05, 0) is 70.3 Å². The van der Waals surface area contributed by atoms with Gasteiger partial charge in [-0.15, -0.1) is 0 Å². The molecule has 8 heteroatoms. The highest BCUT2D eigenvalue weighted by Gasteiger charge is 2.48. The third-order valence-corrected chi connectivity index (χ3v) is 6.28. The average Bonchev–Trinajstić information content (AvgIpc) is 2.91. The first-order chi connectivity index (χ1) is 12.7. The second-order valence-corrected chi connectivity index (χ2v) is 7.91. The van der Waals surface area contributed by atoms with Crippen molar-refractivity contribution in [2.75, 3.05) is 18.4 Å². The monoisotopic (exact) mass is 392 g/mol. The van der Waals surface area contributed by atoms with Crippen LogP contribution in [-0.2, 0) is 9.59 Å². The molecule has 0 saturated carbocycles. The lowest BCUT2D eigenvalue weighted by Crippen LogP contribution is -2.55. The molecule has 4 amide bonds. The number of nitrogens with one attached hydrogen (secondary N) is 3. The number of nitrogens with zero attached hydrogens (tertiary/aromatic N) is 1. The number of anilines is 1. The fraction of sp³-hybridized carbons (Fsp3) is 0.526. The van der Waals surface area contributed by atoms with Gasteiger partial charge in [0, 0.05) is 10.7 Å². The van der Waals surface area contributed by atoms with E-state index in [1.807, 2.05) is 26.0 Å². The van der Waals surface area contributed by atoms with Crippen LogP contribution in [-0.4, -0.2) is 47.4 Å². The van der Waals surface area contributed by atoms with Crippen LogP contribution in [0.5, 0.6) is 0 Å². The summed E-state index contributed by atoms with van der Waals surface area (Å²) >= 11 is 6.11. The van der Waals surface area contributed by atoms with Crippen LogP contribution in [0, 0.1) is 12.8 Å². The number of likely N-dealkylation sites (tertiary alicyclic amines) is 1. The highest BCUT2D eigenvalue weighted by Crippen LogP contribution is 2.31. The largest absolute Gasteiger partial charge is 0.324 e. The highest BCUT2D eigenvalue weighted by molar-refractivity contribution is 6.31. The molecule has 0 bridgehead atoms. The zero-order valence-electron chi connectivity index (χ0n) is 15.8.